The quantitative estimate of drug-likeness (QED) is 0.662. The third-order valence-electron chi connectivity index (χ3n) is 2.51. The first-order valence-corrected chi connectivity index (χ1v) is 5.71. The molecule has 0 aliphatic carbocycles. The second kappa shape index (κ2) is 6.60. The summed E-state index contributed by atoms with van der Waals surface area (Å²) in [6.45, 7) is 6.24. The average molecular weight is 228 g/mol. The Morgan fingerprint density at radius 2 is 2.38 bits per heavy atom. The largest absolute Gasteiger partial charge is 0.378 e. The van der Waals surface area contributed by atoms with E-state index in [-0.39, 0.29) is 18.0 Å². The van der Waals surface area contributed by atoms with Gasteiger partial charge in [-0.25, -0.2) is 0 Å². The van der Waals surface area contributed by atoms with Gasteiger partial charge in [-0.15, -0.1) is 0 Å². The van der Waals surface area contributed by atoms with Crippen molar-refractivity contribution in [3.8, 4) is 0 Å². The number of aldehydes is 1. The molecule has 1 saturated heterocycles. The zero-order chi connectivity index (χ0) is 12.0. The first kappa shape index (κ1) is 13.1. The summed E-state index contributed by atoms with van der Waals surface area (Å²) in [6.07, 6.45) is 1.35. The molecule has 5 nitrogen and oxygen atoms in total. The van der Waals surface area contributed by atoms with Crippen molar-refractivity contribution in [2.75, 3.05) is 26.3 Å². The van der Waals surface area contributed by atoms with Crippen LogP contribution in [0.15, 0.2) is 0 Å². The summed E-state index contributed by atoms with van der Waals surface area (Å²) in [5.74, 6) is -0.0133. The van der Waals surface area contributed by atoms with Gasteiger partial charge >= 0.3 is 0 Å². The van der Waals surface area contributed by atoms with E-state index in [0.29, 0.717) is 32.7 Å². The maximum atomic E-state index is 11.9. The van der Waals surface area contributed by atoms with Gasteiger partial charge in [0.25, 0.3) is 0 Å². The third-order valence-corrected chi connectivity index (χ3v) is 2.51. The molecule has 1 N–H and O–H groups in total. The van der Waals surface area contributed by atoms with Gasteiger partial charge in [-0.1, -0.05) is 0 Å². The molecule has 1 unspecified atom stereocenters. The summed E-state index contributed by atoms with van der Waals surface area (Å²) in [5.41, 5.74) is 0. The van der Waals surface area contributed by atoms with Gasteiger partial charge in [-0.05, 0) is 13.8 Å². The van der Waals surface area contributed by atoms with E-state index >= 15 is 0 Å². The van der Waals surface area contributed by atoms with Gasteiger partial charge < -0.3 is 14.8 Å². The molecule has 1 atom stereocenters. The fraction of sp³-hybridized carbons (Fsp3) is 0.818. The number of hydrogen-bond acceptors (Lipinski definition) is 4. The second-order valence-electron chi connectivity index (χ2n) is 4.25. The molecular formula is C11H20N2O3. The lowest BCUT2D eigenvalue weighted by atomic mass is 10.2. The van der Waals surface area contributed by atoms with E-state index in [4.69, 9.17) is 4.74 Å². The molecule has 0 saturated carbocycles. The Labute approximate surface area is 96.1 Å². The molecule has 92 valence electrons. The minimum absolute atomic E-state index is 0.0133. The summed E-state index contributed by atoms with van der Waals surface area (Å²) < 4.78 is 5.30. The van der Waals surface area contributed by atoms with Crippen molar-refractivity contribution in [2.24, 2.45) is 0 Å². The summed E-state index contributed by atoms with van der Waals surface area (Å²) in [4.78, 5) is 24.2. The Morgan fingerprint density at radius 3 is 3.00 bits per heavy atom. The van der Waals surface area contributed by atoms with E-state index < -0.39 is 0 Å². The van der Waals surface area contributed by atoms with Crippen LogP contribution in [-0.2, 0) is 14.3 Å². The number of carbonyl (C=O) groups is 2. The third kappa shape index (κ3) is 3.90. The highest BCUT2D eigenvalue weighted by atomic mass is 16.5. The normalized spacial score (nSPS) is 22.1. The number of nitrogens with one attached hydrogen (secondary N) is 1. The fourth-order valence-corrected chi connectivity index (χ4v) is 1.75. The Balaban J connectivity index is 2.51. The van der Waals surface area contributed by atoms with Crippen molar-refractivity contribution in [1.29, 1.82) is 0 Å². The lowest BCUT2D eigenvalue weighted by Crippen LogP contribution is -2.55. The smallest absolute Gasteiger partial charge is 0.239 e. The zero-order valence-electron chi connectivity index (χ0n) is 9.94. The molecule has 0 bridgehead atoms. The van der Waals surface area contributed by atoms with Crippen LogP contribution in [0.5, 0.6) is 0 Å². The molecular weight excluding hydrogens is 208 g/mol. The summed E-state index contributed by atoms with van der Waals surface area (Å²) in [5, 5.41) is 2.87. The fourth-order valence-electron chi connectivity index (χ4n) is 1.75. The Bertz CT molecular complexity index is 243. The number of nitrogens with zero attached hydrogens (tertiary/aromatic N) is 1. The van der Waals surface area contributed by atoms with E-state index in [1.165, 1.54) is 0 Å². The van der Waals surface area contributed by atoms with E-state index in [2.05, 4.69) is 5.32 Å². The number of rotatable bonds is 5. The van der Waals surface area contributed by atoms with Crippen molar-refractivity contribution >= 4 is 12.2 Å². The van der Waals surface area contributed by atoms with Crippen LogP contribution in [0.1, 0.15) is 20.3 Å². The van der Waals surface area contributed by atoms with Crippen molar-refractivity contribution in [3.63, 3.8) is 0 Å². The van der Waals surface area contributed by atoms with Crippen molar-refractivity contribution in [3.05, 3.63) is 0 Å². The van der Waals surface area contributed by atoms with Crippen LogP contribution in [0, 0.1) is 0 Å². The number of carbonyl (C=O) groups excluding carboxylic acids is 2. The molecule has 0 aromatic rings. The SMILES string of the molecule is CC(C)NC(=O)C1COCCN1CCC=O. The minimum atomic E-state index is -0.254. The molecule has 1 amide bonds. The van der Waals surface area contributed by atoms with E-state index in [1.807, 2.05) is 18.7 Å². The highest BCUT2D eigenvalue weighted by Crippen LogP contribution is 2.07. The molecule has 0 aromatic heterocycles. The van der Waals surface area contributed by atoms with Gasteiger partial charge in [0.1, 0.15) is 12.3 Å². The predicted molar refractivity (Wildman–Crippen MR) is 60.1 cm³/mol. The Hall–Kier alpha value is -0.940. The predicted octanol–water partition coefficient (Wildman–Crippen LogP) is -0.199. The maximum absolute atomic E-state index is 11.9. The first-order chi connectivity index (χ1) is 7.65. The molecule has 0 aromatic carbocycles. The first-order valence-electron chi connectivity index (χ1n) is 5.71. The van der Waals surface area contributed by atoms with E-state index in [1.54, 1.807) is 0 Å². The van der Waals surface area contributed by atoms with Crippen LogP contribution in [0.4, 0.5) is 0 Å². The molecule has 1 aliphatic rings. The van der Waals surface area contributed by atoms with Gasteiger partial charge in [0, 0.05) is 25.6 Å². The molecule has 1 fully saturated rings. The molecule has 0 radical (unpaired) electrons. The topological polar surface area (TPSA) is 58.6 Å². The molecule has 1 heterocycles. The molecule has 5 heteroatoms. The van der Waals surface area contributed by atoms with E-state index in [0.717, 1.165) is 6.29 Å². The highest BCUT2D eigenvalue weighted by molar-refractivity contribution is 5.82. The van der Waals surface area contributed by atoms with Crippen LogP contribution in [0.3, 0.4) is 0 Å². The Kier molecular flexibility index (Phi) is 5.42. The van der Waals surface area contributed by atoms with Crippen LogP contribution in [0.2, 0.25) is 0 Å². The van der Waals surface area contributed by atoms with Crippen LogP contribution >= 0.6 is 0 Å². The highest BCUT2D eigenvalue weighted by Gasteiger charge is 2.28. The Morgan fingerprint density at radius 1 is 1.62 bits per heavy atom. The molecule has 1 aliphatic heterocycles. The molecule has 1 rings (SSSR count). The van der Waals surface area contributed by atoms with Gasteiger partial charge in [0.15, 0.2) is 0 Å². The molecule has 16 heavy (non-hydrogen) atoms. The van der Waals surface area contributed by atoms with Crippen molar-refractivity contribution in [2.45, 2.75) is 32.4 Å². The van der Waals surface area contributed by atoms with Gasteiger partial charge in [-0.3, -0.25) is 9.69 Å². The van der Waals surface area contributed by atoms with Crippen LogP contribution in [0.25, 0.3) is 0 Å². The molecule has 0 spiro atoms. The zero-order valence-corrected chi connectivity index (χ0v) is 9.94. The van der Waals surface area contributed by atoms with E-state index in [9.17, 15) is 9.59 Å². The number of hydrogen-bond donors (Lipinski definition) is 1. The van der Waals surface area contributed by atoms with Crippen LogP contribution < -0.4 is 5.32 Å². The van der Waals surface area contributed by atoms with Gasteiger partial charge in [0.05, 0.1) is 13.2 Å². The number of amides is 1. The summed E-state index contributed by atoms with van der Waals surface area (Å²) in [7, 11) is 0. The lowest BCUT2D eigenvalue weighted by molar-refractivity contribution is -0.133. The summed E-state index contributed by atoms with van der Waals surface area (Å²) in [6, 6.07) is -0.126. The second-order valence-corrected chi connectivity index (χ2v) is 4.25. The summed E-state index contributed by atoms with van der Waals surface area (Å²) >= 11 is 0. The van der Waals surface area contributed by atoms with Crippen LogP contribution in [-0.4, -0.2) is 55.5 Å². The maximum Gasteiger partial charge on any atom is 0.239 e. The number of morpholine rings is 1. The monoisotopic (exact) mass is 228 g/mol. The van der Waals surface area contributed by atoms with Gasteiger partial charge in [-0.2, -0.15) is 0 Å². The van der Waals surface area contributed by atoms with Crippen molar-refractivity contribution < 1.29 is 14.3 Å². The lowest BCUT2D eigenvalue weighted by Gasteiger charge is -2.34. The minimum Gasteiger partial charge on any atom is -0.378 e. The van der Waals surface area contributed by atoms with Crippen molar-refractivity contribution in [1.82, 2.24) is 10.2 Å². The average Bonchev–Trinajstić information content (AvgIpc) is 2.25. The van der Waals surface area contributed by atoms with Gasteiger partial charge in [0.2, 0.25) is 5.91 Å². The standard InChI is InChI=1S/C11H20N2O3/c1-9(2)12-11(15)10-8-16-7-5-13(10)4-3-6-14/h6,9-10H,3-5,7-8H2,1-2H3,(H,12,15). The number of ether oxygens (including phenoxy) is 1.